The van der Waals surface area contributed by atoms with Crippen molar-refractivity contribution in [3.63, 3.8) is 0 Å². The molecular weight excluding hydrogens is 190 g/mol. The number of amides is 1. The first kappa shape index (κ1) is 10.8. The van der Waals surface area contributed by atoms with E-state index in [1.807, 2.05) is 0 Å². The number of nitrogens with two attached hydrogens (primary N) is 1. The van der Waals surface area contributed by atoms with Gasteiger partial charge in [-0.3, -0.25) is 9.35 Å². The molecule has 0 aromatic rings. The number of carboxylic acids is 1. The highest BCUT2D eigenvalue weighted by molar-refractivity contribution is 7.87. The molecule has 0 aliphatic carbocycles. The molecular formula is C4H6NO6S-. The fourth-order valence-electron chi connectivity index (χ4n) is 0.493. The third-order valence-electron chi connectivity index (χ3n) is 1.01. The second kappa shape index (κ2) is 3.50. The standard InChI is InChI=1S/C4H7NO6S/c5-3(6)1-2(4(7)8)12(9,10)11/h2H,1H2,(H2,5,6)(H,7,8)(H,9,10,11)/p-1. The van der Waals surface area contributed by atoms with Crippen LogP contribution in [0.2, 0.25) is 0 Å². The third-order valence-corrected chi connectivity index (χ3v) is 2.09. The Bertz CT molecular complexity index is 293. The molecule has 12 heavy (non-hydrogen) atoms. The van der Waals surface area contributed by atoms with Gasteiger partial charge in [0, 0.05) is 0 Å². The van der Waals surface area contributed by atoms with Crippen LogP contribution in [0.1, 0.15) is 6.42 Å². The summed E-state index contributed by atoms with van der Waals surface area (Å²) in [4.78, 5) is 20.1. The normalized spacial score (nSPS) is 13.8. The number of primary amides is 1. The minimum absolute atomic E-state index is 0.999. The first-order valence-corrected chi connectivity index (χ1v) is 4.21. The van der Waals surface area contributed by atoms with Crippen LogP contribution in [0.25, 0.3) is 0 Å². The Kier molecular flexibility index (Phi) is 3.16. The van der Waals surface area contributed by atoms with Gasteiger partial charge in [-0.25, -0.2) is 0 Å². The molecule has 0 rings (SSSR count). The molecule has 1 unspecified atom stereocenters. The SMILES string of the molecule is NC(=O)CC(C(=O)[O-])S(=O)(=O)O. The van der Waals surface area contributed by atoms with Gasteiger partial charge in [0.05, 0.1) is 12.4 Å². The molecule has 0 fully saturated rings. The zero-order valence-electron chi connectivity index (χ0n) is 5.76. The Balaban J connectivity index is 4.70. The topological polar surface area (TPSA) is 138 Å². The van der Waals surface area contributed by atoms with Gasteiger partial charge in [-0.15, -0.1) is 0 Å². The van der Waals surface area contributed by atoms with Crippen molar-refractivity contribution in [3.05, 3.63) is 0 Å². The van der Waals surface area contributed by atoms with Crippen LogP contribution < -0.4 is 10.8 Å². The average Bonchev–Trinajstić information content (AvgIpc) is 1.79. The van der Waals surface area contributed by atoms with Crippen LogP contribution in [0, 0.1) is 0 Å². The predicted octanol–water partition coefficient (Wildman–Crippen LogP) is -3.13. The summed E-state index contributed by atoms with van der Waals surface area (Å²) < 4.78 is 28.7. The van der Waals surface area contributed by atoms with Crippen molar-refractivity contribution in [3.8, 4) is 0 Å². The number of aliphatic carboxylic acids is 1. The van der Waals surface area contributed by atoms with Gasteiger partial charge < -0.3 is 15.6 Å². The van der Waals surface area contributed by atoms with Crippen molar-refractivity contribution in [1.82, 2.24) is 0 Å². The van der Waals surface area contributed by atoms with Gasteiger partial charge in [0.2, 0.25) is 5.91 Å². The molecule has 0 radical (unpaired) electrons. The minimum atomic E-state index is -4.82. The number of rotatable bonds is 4. The van der Waals surface area contributed by atoms with Gasteiger partial charge >= 0.3 is 0 Å². The van der Waals surface area contributed by atoms with Crippen LogP contribution in [0.15, 0.2) is 0 Å². The molecule has 0 aliphatic heterocycles. The third kappa shape index (κ3) is 3.30. The summed E-state index contributed by atoms with van der Waals surface area (Å²) >= 11 is 0. The van der Waals surface area contributed by atoms with Crippen molar-refractivity contribution in [2.24, 2.45) is 5.73 Å². The molecule has 0 saturated carbocycles. The molecule has 70 valence electrons. The molecule has 0 bridgehead atoms. The maximum atomic E-state index is 10.2. The number of hydrogen-bond acceptors (Lipinski definition) is 5. The molecule has 1 amide bonds. The van der Waals surface area contributed by atoms with Crippen LogP contribution in [0.3, 0.4) is 0 Å². The van der Waals surface area contributed by atoms with Gasteiger partial charge in [0.1, 0.15) is 5.25 Å². The molecule has 3 N–H and O–H groups in total. The first-order chi connectivity index (χ1) is 5.25. The van der Waals surface area contributed by atoms with E-state index >= 15 is 0 Å². The van der Waals surface area contributed by atoms with Gasteiger partial charge in [0.25, 0.3) is 10.1 Å². The summed E-state index contributed by atoms with van der Waals surface area (Å²) in [6.45, 7) is 0. The summed E-state index contributed by atoms with van der Waals surface area (Å²) in [5.41, 5.74) is 4.52. The van der Waals surface area contributed by atoms with Crippen LogP contribution in [0.4, 0.5) is 0 Å². The van der Waals surface area contributed by atoms with Gasteiger partial charge in [0.15, 0.2) is 0 Å². The van der Waals surface area contributed by atoms with E-state index in [9.17, 15) is 23.1 Å². The lowest BCUT2D eigenvalue weighted by atomic mass is 10.3. The second-order valence-corrected chi connectivity index (χ2v) is 3.59. The second-order valence-electron chi connectivity index (χ2n) is 1.99. The maximum absolute atomic E-state index is 10.2. The van der Waals surface area contributed by atoms with E-state index in [1.54, 1.807) is 0 Å². The number of carbonyl (C=O) groups is 2. The highest BCUT2D eigenvalue weighted by Crippen LogP contribution is 2.02. The van der Waals surface area contributed by atoms with E-state index in [-0.39, 0.29) is 0 Å². The van der Waals surface area contributed by atoms with E-state index in [0.717, 1.165) is 0 Å². The Morgan fingerprint density at radius 2 is 1.92 bits per heavy atom. The lowest BCUT2D eigenvalue weighted by Crippen LogP contribution is -2.43. The minimum Gasteiger partial charge on any atom is -0.549 e. The number of carboxylic acid groups (broad SMARTS) is 1. The number of hydrogen-bond donors (Lipinski definition) is 2. The molecule has 0 aromatic carbocycles. The summed E-state index contributed by atoms with van der Waals surface area (Å²) in [5, 5.41) is 7.74. The molecule has 0 aliphatic rings. The Morgan fingerprint density at radius 3 is 2.00 bits per heavy atom. The average molecular weight is 196 g/mol. The summed E-state index contributed by atoms with van der Waals surface area (Å²) in [6.07, 6.45) is -0.999. The largest absolute Gasteiger partial charge is 0.549 e. The zero-order chi connectivity index (χ0) is 9.94. The Hall–Kier alpha value is -1.15. The van der Waals surface area contributed by atoms with Crippen molar-refractivity contribution in [2.75, 3.05) is 0 Å². The molecule has 8 heteroatoms. The van der Waals surface area contributed by atoms with Crippen LogP contribution >= 0.6 is 0 Å². The molecule has 1 atom stereocenters. The van der Waals surface area contributed by atoms with Crippen LogP contribution in [-0.4, -0.2) is 30.1 Å². The molecule has 0 saturated heterocycles. The fraction of sp³-hybridized carbons (Fsp3) is 0.500. The smallest absolute Gasteiger partial charge is 0.273 e. The Morgan fingerprint density at radius 1 is 1.50 bits per heavy atom. The Labute approximate surface area is 67.9 Å². The lowest BCUT2D eigenvalue weighted by molar-refractivity contribution is -0.305. The molecule has 7 nitrogen and oxygen atoms in total. The van der Waals surface area contributed by atoms with Gasteiger partial charge in [-0.05, 0) is 0 Å². The quantitative estimate of drug-likeness (QED) is 0.456. The molecule has 0 aromatic heterocycles. The summed E-state index contributed by atoms with van der Waals surface area (Å²) in [5.74, 6) is -3.21. The fourth-order valence-corrected chi connectivity index (χ4v) is 1.11. The highest BCUT2D eigenvalue weighted by Gasteiger charge is 2.26. The first-order valence-electron chi connectivity index (χ1n) is 2.70. The van der Waals surface area contributed by atoms with Crippen molar-refractivity contribution >= 4 is 22.0 Å². The monoisotopic (exact) mass is 196 g/mol. The van der Waals surface area contributed by atoms with E-state index in [0.29, 0.717) is 0 Å². The predicted molar refractivity (Wildman–Crippen MR) is 34.2 cm³/mol. The zero-order valence-corrected chi connectivity index (χ0v) is 6.58. The maximum Gasteiger partial charge on any atom is 0.273 e. The highest BCUT2D eigenvalue weighted by atomic mass is 32.2. The van der Waals surface area contributed by atoms with Crippen LogP contribution in [0.5, 0.6) is 0 Å². The van der Waals surface area contributed by atoms with Gasteiger partial charge in [-0.1, -0.05) is 0 Å². The summed E-state index contributed by atoms with van der Waals surface area (Å²) in [7, 11) is -4.82. The van der Waals surface area contributed by atoms with Crippen molar-refractivity contribution in [1.29, 1.82) is 0 Å². The molecule has 0 spiro atoms. The van der Waals surface area contributed by atoms with Crippen LogP contribution in [-0.2, 0) is 19.7 Å². The van der Waals surface area contributed by atoms with Crippen molar-refractivity contribution in [2.45, 2.75) is 11.7 Å². The van der Waals surface area contributed by atoms with E-state index in [2.05, 4.69) is 5.73 Å². The van der Waals surface area contributed by atoms with Gasteiger partial charge in [-0.2, -0.15) is 8.42 Å². The van der Waals surface area contributed by atoms with E-state index in [1.165, 1.54) is 0 Å². The molecule has 0 heterocycles. The summed E-state index contributed by atoms with van der Waals surface area (Å²) in [6, 6.07) is 0. The number of carbonyl (C=O) groups excluding carboxylic acids is 2. The lowest BCUT2D eigenvalue weighted by Gasteiger charge is -2.11. The van der Waals surface area contributed by atoms with E-state index in [4.69, 9.17) is 4.55 Å². The van der Waals surface area contributed by atoms with E-state index < -0.39 is 33.7 Å². The van der Waals surface area contributed by atoms with Crippen molar-refractivity contribution < 1.29 is 27.7 Å².